The fourth-order valence-electron chi connectivity index (χ4n) is 2.23. The van der Waals surface area contributed by atoms with Crippen LogP contribution in [0.3, 0.4) is 0 Å². The zero-order valence-corrected chi connectivity index (χ0v) is 15.3. The highest BCUT2D eigenvalue weighted by Gasteiger charge is 2.19. The van der Waals surface area contributed by atoms with Gasteiger partial charge in [-0.15, -0.1) is 0 Å². The Balaban J connectivity index is 2.14. The lowest BCUT2D eigenvalue weighted by molar-refractivity contribution is 0.0814. The van der Waals surface area contributed by atoms with Gasteiger partial charge in [0.1, 0.15) is 0 Å². The summed E-state index contributed by atoms with van der Waals surface area (Å²) in [5.74, 6) is 0.432. The third-order valence-electron chi connectivity index (χ3n) is 3.44. The van der Waals surface area contributed by atoms with Gasteiger partial charge in [-0.25, -0.2) is 8.42 Å². The van der Waals surface area contributed by atoms with Crippen LogP contribution in [0, 0.1) is 11.3 Å². The molecule has 0 aliphatic carbocycles. The number of ether oxygens (including phenoxy) is 2. The number of sulfonamides is 1. The highest BCUT2D eigenvalue weighted by Crippen LogP contribution is 2.29. The summed E-state index contributed by atoms with van der Waals surface area (Å²) in [5.41, 5.74) is 1.16. The maximum absolute atomic E-state index is 12.5. The van der Waals surface area contributed by atoms with E-state index in [-0.39, 0.29) is 5.78 Å². The maximum atomic E-state index is 12.5. The lowest BCUT2D eigenvalue weighted by atomic mass is 10.1. The van der Waals surface area contributed by atoms with Gasteiger partial charge in [-0.2, -0.15) is 5.26 Å². The van der Waals surface area contributed by atoms with Crippen molar-refractivity contribution in [2.45, 2.75) is 13.0 Å². The third kappa shape index (κ3) is 4.97. The number of benzene rings is 2. The second-order valence-electron chi connectivity index (χ2n) is 5.55. The minimum atomic E-state index is -3.38. The molecule has 136 valence electrons. The summed E-state index contributed by atoms with van der Waals surface area (Å²) in [5, 5.41) is 8.92. The van der Waals surface area contributed by atoms with Gasteiger partial charge in [0.25, 0.3) is 0 Å². The van der Waals surface area contributed by atoms with Gasteiger partial charge in [0, 0.05) is 17.3 Å². The number of rotatable bonds is 7. The fourth-order valence-corrected chi connectivity index (χ4v) is 2.79. The number of anilines is 1. The Bertz CT molecular complexity index is 947. The van der Waals surface area contributed by atoms with Crippen molar-refractivity contribution in [2.75, 3.05) is 18.1 Å². The number of methoxy groups -OCH3 is 1. The lowest BCUT2D eigenvalue weighted by Crippen LogP contribution is -2.24. The van der Waals surface area contributed by atoms with Gasteiger partial charge in [-0.05, 0) is 43.3 Å². The average Bonchev–Trinajstić information content (AvgIpc) is 2.60. The Labute approximate surface area is 152 Å². The molecule has 0 heterocycles. The second-order valence-corrected chi connectivity index (χ2v) is 7.30. The maximum Gasteiger partial charge on any atom is 0.229 e. The number of hydrogen-bond donors (Lipinski definition) is 1. The fraction of sp³-hybridized carbons (Fsp3) is 0.222. The topological polar surface area (TPSA) is 105 Å². The zero-order chi connectivity index (χ0) is 19.3. The second kappa shape index (κ2) is 7.89. The lowest BCUT2D eigenvalue weighted by Gasteiger charge is -2.16. The number of ketones is 1. The molecule has 7 nitrogen and oxygen atoms in total. The van der Waals surface area contributed by atoms with Crippen LogP contribution in [0.25, 0.3) is 0 Å². The zero-order valence-electron chi connectivity index (χ0n) is 14.5. The molecule has 1 N–H and O–H groups in total. The molecule has 0 fully saturated rings. The van der Waals surface area contributed by atoms with Crippen molar-refractivity contribution < 1.29 is 22.7 Å². The van der Waals surface area contributed by atoms with Crippen LogP contribution in [0.4, 0.5) is 5.69 Å². The van der Waals surface area contributed by atoms with Crippen LogP contribution < -0.4 is 14.2 Å². The molecule has 2 rings (SSSR count). The quantitative estimate of drug-likeness (QED) is 0.747. The number of nitrogens with zero attached hydrogens (tertiary/aromatic N) is 1. The molecule has 0 bridgehead atoms. The van der Waals surface area contributed by atoms with Crippen molar-refractivity contribution in [3.05, 3.63) is 53.6 Å². The molecule has 0 radical (unpaired) electrons. The van der Waals surface area contributed by atoms with Crippen LogP contribution in [0.2, 0.25) is 0 Å². The van der Waals surface area contributed by atoms with Crippen LogP contribution in [0.5, 0.6) is 11.5 Å². The van der Waals surface area contributed by atoms with E-state index in [1.807, 2.05) is 6.07 Å². The van der Waals surface area contributed by atoms with Gasteiger partial charge < -0.3 is 9.47 Å². The number of nitriles is 1. The monoisotopic (exact) mass is 374 g/mol. The number of nitrogens with one attached hydrogen (secondary N) is 1. The summed E-state index contributed by atoms with van der Waals surface area (Å²) in [6, 6.07) is 12.7. The van der Waals surface area contributed by atoms with Crippen molar-refractivity contribution in [1.82, 2.24) is 0 Å². The van der Waals surface area contributed by atoms with Crippen LogP contribution in [-0.4, -0.2) is 33.7 Å². The summed E-state index contributed by atoms with van der Waals surface area (Å²) in [6.45, 7) is 1.60. The summed E-state index contributed by atoms with van der Waals surface area (Å²) in [6.07, 6.45) is 0.248. The average molecular weight is 374 g/mol. The molecular weight excluding hydrogens is 356 g/mol. The molecular formula is C18H18N2O5S. The SMILES string of the molecule is COc1cc(C#N)ccc1O[C@H](C)C(=O)c1ccc(NS(C)(=O)=O)cc1. The highest BCUT2D eigenvalue weighted by molar-refractivity contribution is 7.92. The first-order valence-corrected chi connectivity index (χ1v) is 9.49. The Morgan fingerprint density at radius 2 is 1.81 bits per heavy atom. The normalized spacial score (nSPS) is 11.9. The molecule has 8 heteroatoms. The molecule has 0 saturated carbocycles. The standard InChI is InChI=1S/C18H18N2O5S/c1-12(25-16-9-4-13(11-19)10-17(16)24-2)18(21)14-5-7-15(8-6-14)20-26(3,22)23/h4-10,12,20H,1-3H3/t12-/m1/s1. The van der Waals surface area contributed by atoms with Gasteiger partial charge in [-0.3, -0.25) is 9.52 Å². The summed E-state index contributed by atoms with van der Waals surface area (Å²) in [7, 11) is -1.93. The molecule has 0 amide bonds. The van der Waals surface area contributed by atoms with Crippen molar-refractivity contribution in [1.29, 1.82) is 5.26 Å². The first-order chi connectivity index (χ1) is 12.2. The Kier molecular flexibility index (Phi) is 5.85. The van der Waals surface area contributed by atoms with E-state index in [9.17, 15) is 13.2 Å². The molecule has 2 aromatic rings. The molecule has 0 aliphatic rings. The molecule has 2 aromatic carbocycles. The van der Waals surface area contributed by atoms with E-state index in [0.717, 1.165) is 6.26 Å². The van der Waals surface area contributed by atoms with Crippen molar-refractivity contribution in [3.8, 4) is 17.6 Å². The molecule has 0 aromatic heterocycles. The smallest absolute Gasteiger partial charge is 0.229 e. The minimum Gasteiger partial charge on any atom is -0.493 e. The third-order valence-corrected chi connectivity index (χ3v) is 4.04. The van der Waals surface area contributed by atoms with Crippen LogP contribution in [0.1, 0.15) is 22.8 Å². The highest BCUT2D eigenvalue weighted by atomic mass is 32.2. The summed E-state index contributed by atoms with van der Waals surface area (Å²) in [4.78, 5) is 12.5. The molecule has 0 unspecified atom stereocenters. The Morgan fingerprint density at radius 3 is 2.35 bits per heavy atom. The minimum absolute atomic E-state index is 0.276. The number of hydrogen-bond acceptors (Lipinski definition) is 6. The Morgan fingerprint density at radius 1 is 1.15 bits per heavy atom. The van der Waals surface area contributed by atoms with Gasteiger partial charge in [0.05, 0.1) is 25.0 Å². The Hall–Kier alpha value is -3.05. The first kappa shape index (κ1) is 19.3. The molecule has 26 heavy (non-hydrogen) atoms. The van der Waals surface area contributed by atoms with E-state index in [0.29, 0.717) is 28.3 Å². The molecule has 0 aliphatic heterocycles. The van der Waals surface area contributed by atoms with Crippen molar-refractivity contribution in [2.24, 2.45) is 0 Å². The van der Waals surface area contributed by atoms with Crippen LogP contribution in [0.15, 0.2) is 42.5 Å². The van der Waals surface area contributed by atoms with E-state index in [1.54, 1.807) is 19.1 Å². The van der Waals surface area contributed by atoms with Gasteiger partial charge in [0.15, 0.2) is 17.6 Å². The van der Waals surface area contributed by atoms with E-state index >= 15 is 0 Å². The predicted molar refractivity (Wildman–Crippen MR) is 97.0 cm³/mol. The molecule has 0 spiro atoms. The molecule has 1 atom stereocenters. The number of Topliss-reactive ketones (excluding diaryl/α,β-unsaturated/α-hetero) is 1. The van der Waals surface area contributed by atoms with Gasteiger partial charge in [-0.1, -0.05) is 0 Å². The first-order valence-electron chi connectivity index (χ1n) is 7.60. The molecule has 0 saturated heterocycles. The van der Waals surface area contributed by atoms with Gasteiger partial charge in [0.2, 0.25) is 15.8 Å². The van der Waals surface area contributed by atoms with E-state index < -0.39 is 16.1 Å². The largest absolute Gasteiger partial charge is 0.493 e. The van der Waals surface area contributed by atoms with Crippen molar-refractivity contribution >= 4 is 21.5 Å². The number of carbonyl (C=O) groups is 1. The number of carbonyl (C=O) groups excluding carboxylic acids is 1. The summed E-state index contributed by atoms with van der Waals surface area (Å²) < 4.78 is 35.6. The predicted octanol–water partition coefficient (Wildman–Crippen LogP) is 2.59. The summed E-state index contributed by atoms with van der Waals surface area (Å²) >= 11 is 0. The van der Waals surface area contributed by atoms with Gasteiger partial charge >= 0.3 is 0 Å². The van der Waals surface area contributed by atoms with E-state index in [1.165, 1.54) is 37.4 Å². The van der Waals surface area contributed by atoms with Crippen molar-refractivity contribution in [3.63, 3.8) is 0 Å². The van der Waals surface area contributed by atoms with E-state index in [2.05, 4.69) is 4.72 Å². The van der Waals surface area contributed by atoms with Crippen LogP contribution >= 0.6 is 0 Å². The van der Waals surface area contributed by atoms with Crippen LogP contribution in [-0.2, 0) is 10.0 Å². The van der Waals surface area contributed by atoms with E-state index in [4.69, 9.17) is 14.7 Å².